The average molecular weight is 590 g/mol. The summed E-state index contributed by atoms with van der Waals surface area (Å²) in [6.07, 6.45) is -2.59. The van der Waals surface area contributed by atoms with Gasteiger partial charge in [-0.25, -0.2) is 4.39 Å². The molecular formula is C28H33Cl2F4N3O2. The highest BCUT2D eigenvalue weighted by Crippen LogP contribution is 2.36. The zero-order valence-electron chi connectivity index (χ0n) is 21.8. The van der Waals surface area contributed by atoms with Crippen LogP contribution in [0.5, 0.6) is 0 Å². The number of carbonyl (C=O) groups excluding carboxylic acids is 1. The van der Waals surface area contributed by atoms with Gasteiger partial charge in [0.1, 0.15) is 5.82 Å². The molecule has 11 heteroatoms. The molecule has 0 bridgehead atoms. The van der Waals surface area contributed by atoms with Crippen molar-refractivity contribution >= 4 is 29.1 Å². The van der Waals surface area contributed by atoms with Gasteiger partial charge in [0.15, 0.2) is 0 Å². The molecular weight excluding hydrogens is 557 g/mol. The summed E-state index contributed by atoms with van der Waals surface area (Å²) < 4.78 is 58.6. The molecule has 1 amide bonds. The summed E-state index contributed by atoms with van der Waals surface area (Å²) in [5.41, 5.74) is 0.0556. The third kappa shape index (κ3) is 7.85. The predicted molar refractivity (Wildman–Crippen MR) is 144 cm³/mol. The zero-order chi connectivity index (χ0) is 28.2. The van der Waals surface area contributed by atoms with Gasteiger partial charge in [-0.3, -0.25) is 14.6 Å². The summed E-state index contributed by atoms with van der Waals surface area (Å²) in [6, 6.07) is 8.25. The third-order valence-corrected chi connectivity index (χ3v) is 8.31. The maximum atomic E-state index is 14.2. The minimum Gasteiger partial charge on any atom is -0.379 e. The van der Waals surface area contributed by atoms with Crippen LogP contribution in [0.3, 0.4) is 0 Å². The molecule has 2 aromatic rings. The fourth-order valence-electron chi connectivity index (χ4n) is 5.39. The second-order valence-electron chi connectivity index (χ2n) is 10.3. The molecule has 0 N–H and O–H groups in total. The van der Waals surface area contributed by atoms with E-state index in [2.05, 4.69) is 4.90 Å². The van der Waals surface area contributed by atoms with E-state index < -0.39 is 17.6 Å². The topological polar surface area (TPSA) is 36.0 Å². The lowest BCUT2D eigenvalue weighted by Crippen LogP contribution is -2.38. The lowest BCUT2D eigenvalue weighted by Gasteiger charge is -2.29. The first kappa shape index (κ1) is 30.1. The molecule has 0 saturated carbocycles. The van der Waals surface area contributed by atoms with Crippen molar-refractivity contribution in [1.29, 1.82) is 0 Å². The molecule has 0 aliphatic carbocycles. The number of ether oxygens (including phenoxy) is 1. The maximum Gasteiger partial charge on any atom is 0.419 e. The summed E-state index contributed by atoms with van der Waals surface area (Å²) in [6.45, 7) is 5.43. The molecule has 2 aliphatic rings. The van der Waals surface area contributed by atoms with Crippen LogP contribution in [0.4, 0.5) is 17.6 Å². The number of unbranched alkanes of at least 4 members (excludes halogenated alkanes) is 1. The van der Waals surface area contributed by atoms with Crippen molar-refractivity contribution in [3.63, 3.8) is 0 Å². The quantitative estimate of drug-likeness (QED) is 0.262. The Kier molecular flexibility index (Phi) is 10.1. The van der Waals surface area contributed by atoms with Gasteiger partial charge in [0.25, 0.3) is 0 Å². The fourth-order valence-corrected chi connectivity index (χ4v) is 5.70. The van der Waals surface area contributed by atoms with E-state index in [1.165, 1.54) is 6.07 Å². The van der Waals surface area contributed by atoms with E-state index in [4.69, 9.17) is 27.9 Å². The molecule has 4 rings (SSSR count). The monoisotopic (exact) mass is 589 g/mol. The number of likely N-dealkylation sites (tertiary alicyclic amines) is 1. The van der Waals surface area contributed by atoms with Crippen molar-refractivity contribution in [1.82, 2.24) is 14.7 Å². The number of amides is 1. The Labute approximate surface area is 236 Å². The standard InChI is InChI=1S/C28H33Cl2F4N3O2/c1-35(16-19-5-7-22(25(31)14-19)28(32,33)34)26-18-37(17-21(26)20-6-8-23(29)24(30)15-20)27(38)4-2-3-9-36-10-12-39-13-11-36/h5-8,14-15,21,26H,2-4,9-13,16-18H2,1H3/t21-,26+/m1/s1. The van der Waals surface area contributed by atoms with Crippen LogP contribution in [0.1, 0.15) is 41.9 Å². The van der Waals surface area contributed by atoms with Gasteiger partial charge in [-0.15, -0.1) is 0 Å². The first-order valence-corrected chi connectivity index (χ1v) is 13.9. The van der Waals surface area contributed by atoms with Crippen LogP contribution < -0.4 is 0 Å². The van der Waals surface area contributed by atoms with Crippen LogP contribution in [-0.4, -0.2) is 79.6 Å². The highest BCUT2D eigenvalue weighted by molar-refractivity contribution is 6.42. The van der Waals surface area contributed by atoms with E-state index in [9.17, 15) is 22.4 Å². The van der Waals surface area contributed by atoms with Crippen molar-refractivity contribution < 1.29 is 27.1 Å². The van der Waals surface area contributed by atoms with Gasteiger partial charge >= 0.3 is 6.18 Å². The molecule has 5 nitrogen and oxygen atoms in total. The second kappa shape index (κ2) is 13.2. The van der Waals surface area contributed by atoms with Crippen LogP contribution in [0.15, 0.2) is 36.4 Å². The fraction of sp³-hybridized carbons (Fsp3) is 0.536. The van der Waals surface area contributed by atoms with Crippen LogP contribution in [0, 0.1) is 5.82 Å². The van der Waals surface area contributed by atoms with Gasteiger partial charge in [0.2, 0.25) is 5.91 Å². The first-order valence-electron chi connectivity index (χ1n) is 13.1. The van der Waals surface area contributed by atoms with Crippen molar-refractivity contribution in [2.45, 2.75) is 43.9 Å². The number of halogens is 6. The summed E-state index contributed by atoms with van der Waals surface area (Å²) in [7, 11) is 1.83. The predicted octanol–water partition coefficient (Wildman–Crippen LogP) is 6.08. The molecule has 2 aliphatic heterocycles. The lowest BCUT2D eigenvalue weighted by atomic mass is 9.93. The number of hydrogen-bond acceptors (Lipinski definition) is 4. The molecule has 2 atom stereocenters. The molecule has 2 heterocycles. The van der Waals surface area contributed by atoms with Crippen molar-refractivity contribution in [2.75, 3.05) is 53.0 Å². The first-order chi connectivity index (χ1) is 18.5. The normalized spacial score (nSPS) is 20.7. The third-order valence-electron chi connectivity index (χ3n) is 7.57. The Morgan fingerprint density at radius 2 is 1.79 bits per heavy atom. The van der Waals surface area contributed by atoms with Gasteiger partial charge in [-0.1, -0.05) is 35.3 Å². The van der Waals surface area contributed by atoms with Crippen LogP contribution >= 0.6 is 23.2 Å². The van der Waals surface area contributed by atoms with E-state index in [1.807, 2.05) is 22.9 Å². The summed E-state index contributed by atoms with van der Waals surface area (Å²) in [5, 5.41) is 0.838. The number of benzene rings is 2. The van der Waals surface area contributed by atoms with E-state index in [-0.39, 0.29) is 24.4 Å². The Morgan fingerprint density at radius 1 is 1.05 bits per heavy atom. The highest BCUT2D eigenvalue weighted by atomic mass is 35.5. The van der Waals surface area contributed by atoms with E-state index in [0.29, 0.717) is 35.1 Å². The minimum atomic E-state index is -4.75. The van der Waals surface area contributed by atoms with E-state index in [0.717, 1.165) is 63.4 Å². The number of alkyl halides is 3. The Balaban J connectivity index is 1.43. The van der Waals surface area contributed by atoms with E-state index >= 15 is 0 Å². The van der Waals surface area contributed by atoms with E-state index in [1.54, 1.807) is 12.1 Å². The number of carbonyl (C=O) groups is 1. The maximum absolute atomic E-state index is 14.2. The number of likely N-dealkylation sites (N-methyl/N-ethyl adjacent to an activating group) is 1. The number of morpholine rings is 1. The smallest absolute Gasteiger partial charge is 0.379 e. The van der Waals surface area contributed by atoms with Crippen LogP contribution in [0.2, 0.25) is 10.0 Å². The molecule has 0 aromatic heterocycles. The molecule has 2 aromatic carbocycles. The molecule has 214 valence electrons. The number of nitrogens with zero attached hydrogens (tertiary/aromatic N) is 3. The van der Waals surface area contributed by atoms with Gasteiger partial charge < -0.3 is 9.64 Å². The summed E-state index contributed by atoms with van der Waals surface area (Å²) in [5.74, 6) is -1.32. The van der Waals surface area contributed by atoms with Gasteiger partial charge in [-0.2, -0.15) is 13.2 Å². The molecule has 0 unspecified atom stereocenters. The SMILES string of the molecule is CN(Cc1ccc(C(F)(F)F)c(F)c1)[C@H]1CN(C(=O)CCCCN2CCOCC2)C[C@@H]1c1ccc(Cl)c(Cl)c1. The molecule has 0 spiro atoms. The highest BCUT2D eigenvalue weighted by Gasteiger charge is 2.39. The summed E-state index contributed by atoms with van der Waals surface area (Å²) >= 11 is 12.4. The van der Waals surface area contributed by atoms with Crippen molar-refractivity contribution in [3.05, 3.63) is 69.0 Å². The molecule has 39 heavy (non-hydrogen) atoms. The Hall–Kier alpha value is -1.91. The Bertz CT molecular complexity index is 1140. The minimum absolute atomic E-state index is 0.0681. The Morgan fingerprint density at radius 3 is 2.46 bits per heavy atom. The molecule has 2 saturated heterocycles. The van der Waals surface area contributed by atoms with Crippen LogP contribution in [-0.2, 0) is 22.3 Å². The summed E-state index contributed by atoms with van der Waals surface area (Å²) in [4.78, 5) is 19.3. The van der Waals surface area contributed by atoms with Crippen LogP contribution in [0.25, 0.3) is 0 Å². The lowest BCUT2D eigenvalue weighted by molar-refractivity contribution is -0.140. The number of rotatable bonds is 9. The number of hydrogen-bond donors (Lipinski definition) is 0. The molecule has 2 fully saturated rings. The second-order valence-corrected chi connectivity index (χ2v) is 11.1. The van der Waals surface area contributed by atoms with Crippen molar-refractivity contribution in [2.24, 2.45) is 0 Å². The molecule has 0 radical (unpaired) electrons. The zero-order valence-corrected chi connectivity index (χ0v) is 23.3. The van der Waals surface area contributed by atoms with Gasteiger partial charge in [-0.05, 0) is 61.8 Å². The van der Waals surface area contributed by atoms with Gasteiger partial charge in [0.05, 0.1) is 28.8 Å². The van der Waals surface area contributed by atoms with Crippen molar-refractivity contribution in [3.8, 4) is 0 Å². The average Bonchev–Trinajstić information content (AvgIpc) is 3.34. The van der Waals surface area contributed by atoms with Gasteiger partial charge in [0, 0.05) is 51.1 Å². The largest absolute Gasteiger partial charge is 0.419 e.